The van der Waals surface area contributed by atoms with Crippen molar-refractivity contribution in [2.24, 2.45) is 0 Å². The second-order valence-electron chi connectivity index (χ2n) is 4.62. The van der Waals surface area contributed by atoms with Gasteiger partial charge in [0.05, 0.1) is 0 Å². The Labute approximate surface area is 111 Å². The normalized spacial score (nSPS) is 13.5. The summed E-state index contributed by atoms with van der Waals surface area (Å²) in [6.45, 7) is 3.33. The molecule has 0 aliphatic rings. The molecule has 2 N–H and O–H groups in total. The van der Waals surface area contributed by atoms with E-state index in [1.54, 1.807) is 34.0 Å². The molecule has 1 atom stereocenters. The number of amides is 1. The van der Waals surface area contributed by atoms with Crippen LogP contribution in [0.3, 0.4) is 0 Å². The van der Waals surface area contributed by atoms with Crippen LogP contribution >= 0.6 is 0 Å². The largest absolute Gasteiger partial charge is 0.480 e. The lowest BCUT2D eigenvalue weighted by Gasteiger charge is -2.24. The van der Waals surface area contributed by atoms with E-state index < -0.39 is 11.5 Å². The van der Waals surface area contributed by atoms with Gasteiger partial charge in [0.1, 0.15) is 11.4 Å². The topological polar surface area (TPSA) is 95.4 Å². The first-order valence-corrected chi connectivity index (χ1v) is 5.87. The molecule has 0 saturated carbocycles. The average molecular weight is 266 g/mol. The summed E-state index contributed by atoms with van der Waals surface area (Å²) < 4.78 is 0. The first-order chi connectivity index (χ1) is 8.80. The van der Waals surface area contributed by atoms with Crippen molar-refractivity contribution in [2.75, 3.05) is 19.4 Å². The third-order valence-electron chi connectivity index (χ3n) is 2.87. The number of aromatic nitrogens is 2. The Bertz CT molecular complexity index is 472. The second-order valence-corrected chi connectivity index (χ2v) is 4.62. The number of nitrogens with zero attached hydrogens (tertiary/aromatic N) is 3. The van der Waals surface area contributed by atoms with Crippen LogP contribution in [0.15, 0.2) is 12.1 Å². The Kier molecular flexibility index (Phi) is 4.42. The van der Waals surface area contributed by atoms with Crippen molar-refractivity contribution in [3.05, 3.63) is 17.8 Å². The van der Waals surface area contributed by atoms with Gasteiger partial charge in [0.15, 0.2) is 5.69 Å². The molecule has 19 heavy (non-hydrogen) atoms. The molecule has 0 bridgehead atoms. The highest BCUT2D eigenvalue weighted by molar-refractivity contribution is 5.91. The quantitative estimate of drug-likeness (QED) is 0.820. The minimum atomic E-state index is -1.11. The van der Waals surface area contributed by atoms with E-state index in [1.165, 1.54) is 11.0 Å². The number of carbonyl (C=O) groups excluding carboxylic acids is 1. The number of nitrogens with one attached hydrogen (secondary N) is 1. The molecule has 1 aromatic rings. The Morgan fingerprint density at radius 1 is 1.37 bits per heavy atom. The molecule has 0 fully saturated rings. The number of aliphatic carboxylic acids is 1. The summed E-state index contributed by atoms with van der Waals surface area (Å²) in [5, 5.41) is 19.5. The summed E-state index contributed by atoms with van der Waals surface area (Å²) in [6.07, 6.45) is 0.391. The summed E-state index contributed by atoms with van der Waals surface area (Å²) in [5.74, 6) is -0.900. The molecule has 0 radical (unpaired) electrons. The number of carboxylic acids is 1. The van der Waals surface area contributed by atoms with Crippen LogP contribution in [0.25, 0.3) is 0 Å². The fourth-order valence-electron chi connectivity index (χ4n) is 1.32. The van der Waals surface area contributed by atoms with Gasteiger partial charge in [-0.1, -0.05) is 6.92 Å². The number of hydrogen-bond acceptors (Lipinski definition) is 5. The van der Waals surface area contributed by atoms with Crippen LogP contribution in [-0.4, -0.2) is 51.7 Å². The highest BCUT2D eigenvalue weighted by Gasteiger charge is 2.31. The van der Waals surface area contributed by atoms with Gasteiger partial charge in [0.25, 0.3) is 5.91 Å². The lowest BCUT2D eigenvalue weighted by molar-refractivity contribution is -0.141. The predicted octanol–water partition coefficient (Wildman–Crippen LogP) is 0.844. The summed E-state index contributed by atoms with van der Waals surface area (Å²) in [6, 6.07) is 3.05. The SMILES string of the molecule is CCC(C)(Nc1ccc(C(=O)N(C)C)nn1)C(=O)O. The van der Waals surface area contributed by atoms with E-state index in [4.69, 9.17) is 5.11 Å². The van der Waals surface area contributed by atoms with E-state index in [0.29, 0.717) is 12.2 Å². The zero-order valence-corrected chi connectivity index (χ0v) is 11.5. The molecule has 7 heteroatoms. The number of carboxylic acid groups (broad SMARTS) is 1. The van der Waals surface area contributed by atoms with Crippen molar-refractivity contribution in [3.63, 3.8) is 0 Å². The van der Waals surface area contributed by atoms with Crippen molar-refractivity contribution in [1.29, 1.82) is 0 Å². The van der Waals surface area contributed by atoms with Gasteiger partial charge in [-0.2, -0.15) is 0 Å². The van der Waals surface area contributed by atoms with Gasteiger partial charge in [-0.3, -0.25) is 4.79 Å². The van der Waals surface area contributed by atoms with Crippen molar-refractivity contribution < 1.29 is 14.7 Å². The Morgan fingerprint density at radius 2 is 2.00 bits per heavy atom. The van der Waals surface area contributed by atoms with Crippen molar-refractivity contribution >= 4 is 17.7 Å². The second kappa shape index (κ2) is 5.64. The number of rotatable bonds is 5. The summed E-state index contributed by atoms with van der Waals surface area (Å²) in [5.41, 5.74) is -0.897. The van der Waals surface area contributed by atoms with Gasteiger partial charge in [0.2, 0.25) is 0 Å². The molecule has 104 valence electrons. The third-order valence-corrected chi connectivity index (χ3v) is 2.87. The molecular formula is C12H18N4O3. The molecule has 1 rings (SSSR count). The monoisotopic (exact) mass is 266 g/mol. The maximum atomic E-state index is 11.6. The maximum absolute atomic E-state index is 11.6. The van der Waals surface area contributed by atoms with Crippen LogP contribution in [0.1, 0.15) is 30.8 Å². The van der Waals surface area contributed by atoms with E-state index in [2.05, 4.69) is 15.5 Å². The highest BCUT2D eigenvalue weighted by atomic mass is 16.4. The molecule has 0 aliphatic carbocycles. The molecule has 0 saturated heterocycles. The molecule has 0 aromatic carbocycles. The Balaban J connectivity index is 2.88. The highest BCUT2D eigenvalue weighted by Crippen LogP contribution is 2.16. The molecule has 1 unspecified atom stereocenters. The lowest BCUT2D eigenvalue weighted by Crippen LogP contribution is -2.43. The lowest BCUT2D eigenvalue weighted by atomic mass is 9.99. The van der Waals surface area contributed by atoms with E-state index in [0.717, 1.165) is 0 Å². The Hall–Kier alpha value is -2.18. The summed E-state index contributed by atoms with van der Waals surface area (Å²) in [7, 11) is 3.24. The van der Waals surface area contributed by atoms with Crippen LogP contribution in [0.5, 0.6) is 0 Å². The minimum absolute atomic E-state index is 0.212. The van der Waals surface area contributed by atoms with Crippen LogP contribution in [0.2, 0.25) is 0 Å². The van der Waals surface area contributed by atoms with Crippen LogP contribution in [0.4, 0.5) is 5.82 Å². The zero-order valence-electron chi connectivity index (χ0n) is 11.5. The minimum Gasteiger partial charge on any atom is -0.480 e. The first-order valence-electron chi connectivity index (χ1n) is 5.87. The van der Waals surface area contributed by atoms with E-state index in [1.807, 2.05) is 0 Å². The van der Waals surface area contributed by atoms with Gasteiger partial charge in [-0.05, 0) is 25.5 Å². The van der Waals surface area contributed by atoms with Gasteiger partial charge in [-0.25, -0.2) is 4.79 Å². The zero-order chi connectivity index (χ0) is 14.6. The molecule has 1 amide bonds. The fourth-order valence-corrected chi connectivity index (χ4v) is 1.32. The molecular weight excluding hydrogens is 248 g/mol. The van der Waals surface area contributed by atoms with Crippen LogP contribution < -0.4 is 5.32 Å². The summed E-state index contributed by atoms with van der Waals surface area (Å²) >= 11 is 0. The average Bonchev–Trinajstić information content (AvgIpc) is 2.38. The number of anilines is 1. The smallest absolute Gasteiger partial charge is 0.329 e. The molecule has 0 aliphatic heterocycles. The standard InChI is InChI=1S/C12H18N4O3/c1-5-12(2,11(18)19)13-9-7-6-8(14-15-9)10(17)16(3)4/h6-7H,5H2,1-4H3,(H,13,15)(H,18,19). The van der Waals surface area contributed by atoms with Crippen molar-refractivity contribution in [1.82, 2.24) is 15.1 Å². The van der Waals surface area contributed by atoms with Crippen LogP contribution in [-0.2, 0) is 4.79 Å². The maximum Gasteiger partial charge on any atom is 0.329 e. The number of carbonyl (C=O) groups is 2. The van der Waals surface area contributed by atoms with Crippen molar-refractivity contribution in [2.45, 2.75) is 25.8 Å². The van der Waals surface area contributed by atoms with Crippen LogP contribution in [0, 0.1) is 0 Å². The van der Waals surface area contributed by atoms with Gasteiger partial charge >= 0.3 is 5.97 Å². The van der Waals surface area contributed by atoms with E-state index in [9.17, 15) is 9.59 Å². The first kappa shape index (κ1) is 14.9. The molecule has 7 nitrogen and oxygen atoms in total. The molecule has 1 aromatic heterocycles. The van der Waals surface area contributed by atoms with Crippen molar-refractivity contribution in [3.8, 4) is 0 Å². The van der Waals surface area contributed by atoms with E-state index in [-0.39, 0.29) is 11.6 Å². The van der Waals surface area contributed by atoms with Gasteiger partial charge < -0.3 is 15.3 Å². The molecule has 1 heterocycles. The van der Waals surface area contributed by atoms with E-state index >= 15 is 0 Å². The summed E-state index contributed by atoms with van der Waals surface area (Å²) in [4.78, 5) is 24.2. The molecule has 0 spiro atoms. The Morgan fingerprint density at radius 3 is 2.37 bits per heavy atom. The number of hydrogen-bond donors (Lipinski definition) is 2. The fraction of sp³-hybridized carbons (Fsp3) is 0.500. The van der Waals surface area contributed by atoms with Gasteiger partial charge in [-0.15, -0.1) is 10.2 Å². The van der Waals surface area contributed by atoms with Gasteiger partial charge in [0, 0.05) is 14.1 Å². The predicted molar refractivity (Wildman–Crippen MR) is 70.0 cm³/mol. The third kappa shape index (κ3) is 3.40.